The molecule has 46 heavy (non-hydrogen) atoms. The summed E-state index contributed by atoms with van der Waals surface area (Å²) in [5, 5.41) is 11.5. The number of nitrogens with zero attached hydrogens (tertiary/aromatic N) is 4. The van der Waals surface area contributed by atoms with Gasteiger partial charge in [0.1, 0.15) is 6.61 Å². The van der Waals surface area contributed by atoms with Gasteiger partial charge in [0.2, 0.25) is 0 Å². The molecular weight excluding hydrogens is 628 g/mol. The Kier molecular flexibility index (Phi) is 10.0. The number of carbonyl (C=O) groups is 1. The van der Waals surface area contributed by atoms with E-state index >= 15 is 0 Å². The molecular formula is C34H33ClN4O6S. The number of hydrogen-bond donors (Lipinski definition) is 0. The number of rotatable bonds is 11. The van der Waals surface area contributed by atoms with E-state index in [0.29, 0.717) is 56.8 Å². The zero-order valence-electron chi connectivity index (χ0n) is 25.9. The van der Waals surface area contributed by atoms with Crippen LogP contribution in [0.1, 0.15) is 50.4 Å². The lowest BCUT2D eigenvalue weighted by Gasteiger charge is -2.29. The van der Waals surface area contributed by atoms with Crippen LogP contribution in [0.3, 0.4) is 0 Å². The van der Waals surface area contributed by atoms with Crippen LogP contribution in [-0.4, -0.2) is 40.0 Å². The molecule has 0 radical (unpaired) electrons. The van der Waals surface area contributed by atoms with Gasteiger partial charge in [0.15, 0.2) is 16.3 Å². The monoisotopic (exact) mass is 660 g/mol. The maximum absolute atomic E-state index is 14.1. The molecule has 1 aliphatic rings. The third kappa shape index (κ3) is 6.75. The Bertz CT molecular complexity index is 1980. The molecule has 2 heterocycles. The number of aromatic nitrogens is 1. The van der Waals surface area contributed by atoms with Crippen molar-refractivity contribution < 1.29 is 19.2 Å². The van der Waals surface area contributed by atoms with Crippen LogP contribution in [-0.2, 0) is 11.4 Å². The Morgan fingerprint density at radius 3 is 2.37 bits per heavy atom. The first-order valence-electron chi connectivity index (χ1n) is 14.8. The van der Waals surface area contributed by atoms with Gasteiger partial charge in [-0.1, -0.05) is 41.1 Å². The van der Waals surface area contributed by atoms with Crippen molar-refractivity contribution in [3.63, 3.8) is 0 Å². The van der Waals surface area contributed by atoms with Crippen LogP contribution >= 0.6 is 22.9 Å². The molecule has 5 rings (SSSR count). The van der Waals surface area contributed by atoms with E-state index in [0.717, 1.165) is 16.7 Å². The number of allylic oxidation sites excluding steroid dienone is 1. The molecule has 1 aliphatic heterocycles. The van der Waals surface area contributed by atoms with Gasteiger partial charge in [-0.3, -0.25) is 24.3 Å². The standard InChI is InChI=1S/C34H33ClN4O6S/c1-5-37(6-2)33(41)30-21(4)36-34-38(31(30)24-11-13-25(35)14-12-24)32(40)29(46-34)19-23-10-17-27(28(18-23)44-7-3)45-20-22-8-15-26(16-9-22)39(42)43/h8-19,31H,5-7,20H2,1-4H3/b29-19+/t31-/m1/s1. The summed E-state index contributed by atoms with van der Waals surface area (Å²) in [4.78, 5) is 45.3. The lowest BCUT2D eigenvalue weighted by Crippen LogP contribution is -2.43. The molecule has 0 N–H and O–H groups in total. The first kappa shape index (κ1) is 32.6. The topological polar surface area (TPSA) is 116 Å². The summed E-state index contributed by atoms with van der Waals surface area (Å²) in [5.41, 5.74) is 3.01. The van der Waals surface area contributed by atoms with Crippen LogP contribution in [0.5, 0.6) is 11.5 Å². The molecule has 12 heteroatoms. The summed E-state index contributed by atoms with van der Waals surface area (Å²) in [5.74, 6) is 0.829. The molecule has 0 saturated heterocycles. The number of hydrogen-bond acceptors (Lipinski definition) is 8. The van der Waals surface area contributed by atoms with Crippen LogP contribution in [0.15, 0.2) is 87.8 Å². The molecule has 0 fully saturated rings. The number of fused-ring (bicyclic) bond motifs is 1. The summed E-state index contributed by atoms with van der Waals surface area (Å²) in [6, 6.07) is 18.0. The summed E-state index contributed by atoms with van der Waals surface area (Å²) in [6.07, 6.45) is 1.77. The number of carbonyl (C=O) groups excluding carboxylic acids is 1. The first-order chi connectivity index (χ1) is 22.1. The molecule has 0 unspecified atom stereocenters. The number of ether oxygens (including phenoxy) is 2. The van der Waals surface area contributed by atoms with Gasteiger partial charge in [-0.15, -0.1) is 0 Å². The second-order valence-electron chi connectivity index (χ2n) is 10.5. The Hall–Kier alpha value is -4.74. The van der Waals surface area contributed by atoms with Crippen molar-refractivity contribution in [2.75, 3.05) is 19.7 Å². The first-order valence-corrected chi connectivity index (χ1v) is 16.0. The third-order valence-electron chi connectivity index (χ3n) is 7.60. The maximum Gasteiger partial charge on any atom is 0.271 e. The Balaban J connectivity index is 1.53. The average molecular weight is 661 g/mol. The van der Waals surface area contributed by atoms with Gasteiger partial charge in [-0.05, 0) is 86.9 Å². The fraction of sp³-hybridized carbons (Fsp3) is 0.265. The Morgan fingerprint density at radius 2 is 1.74 bits per heavy atom. The van der Waals surface area contributed by atoms with Gasteiger partial charge >= 0.3 is 0 Å². The van der Waals surface area contributed by atoms with Crippen LogP contribution in [0, 0.1) is 10.1 Å². The van der Waals surface area contributed by atoms with Crippen molar-refractivity contribution in [1.82, 2.24) is 9.47 Å². The molecule has 4 aromatic rings. The van der Waals surface area contributed by atoms with Crippen LogP contribution < -0.4 is 24.4 Å². The lowest BCUT2D eigenvalue weighted by molar-refractivity contribution is -0.384. The Morgan fingerprint density at radius 1 is 1.04 bits per heavy atom. The summed E-state index contributed by atoms with van der Waals surface area (Å²) < 4.78 is 13.9. The highest BCUT2D eigenvalue weighted by molar-refractivity contribution is 7.07. The second-order valence-corrected chi connectivity index (χ2v) is 11.9. The number of thiazole rings is 1. The van der Waals surface area contributed by atoms with E-state index in [9.17, 15) is 19.7 Å². The van der Waals surface area contributed by atoms with Crippen molar-refractivity contribution in [1.29, 1.82) is 0 Å². The summed E-state index contributed by atoms with van der Waals surface area (Å²) >= 11 is 7.45. The molecule has 1 aromatic heterocycles. The van der Waals surface area contributed by atoms with E-state index < -0.39 is 11.0 Å². The van der Waals surface area contributed by atoms with Crippen LogP contribution in [0.25, 0.3) is 6.08 Å². The number of nitro benzene ring substituents is 1. The van der Waals surface area contributed by atoms with Crippen LogP contribution in [0.4, 0.5) is 5.69 Å². The fourth-order valence-corrected chi connectivity index (χ4v) is 6.44. The van der Waals surface area contributed by atoms with Crippen molar-refractivity contribution in [3.8, 4) is 11.5 Å². The highest BCUT2D eigenvalue weighted by Gasteiger charge is 2.34. The minimum Gasteiger partial charge on any atom is -0.490 e. The maximum atomic E-state index is 14.1. The van der Waals surface area contributed by atoms with E-state index in [1.165, 1.54) is 23.5 Å². The minimum absolute atomic E-state index is 0.00903. The molecule has 1 amide bonds. The highest BCUT2D eigenvalue weighted by Crippen LogP contribution is 2.32. The van der Waals surface area contributed by atoms with E-state index in [1.807, 2.05) is 39.0 Å². The molecule has 10 nitrogen and oxygen atoms in total. The fourth-order valence-electron chi connectivity index (χ4n) is 5.27. The van der Waals surface area contributed by atoms with Crippen molar-refractivity contribution in [2.45, 2.75) is 40.3 Å². The third-order valence-corrected chi connectivity index (χ3v) is 8.83. The normalized spacial score (nSPS) is 14.5. The zero-order valence-corrected chi connectivity index (χ0v) is 27.4. The molecule has 1 atom stereocenters. The van der Waals surface area contributed by atoms with E-state index in [-0.39, 0.29) is 23.8 Å². The molecule has 0 aliphatic carbocycles. The Labute approximate surface area is 274 Å². The molecule has 0 saturated carbocycles. The van der Waals surface area contributed by atoms with Gasteiger partial charge in [-0.2, -0.15) is 0 Å². The number of likely N-dealkylation sites (N-methyl/N-ethyl adjacent to an activating group) is 1. The van der Waals surface area contributed by atoms with Crippen molar-refractivity contribution in [2.24, 2.45) is 4.99 Å². The van der Waals surface area contributed by atoms with Crippen molar-refractivity contribution >= 4 is 40.6 Å². The van der Waals surface area contributed by atoms with E-state index in [4.69, 9.17) is 26.1 Å². The number of nitro groups is 1. The molecule has 3 aromatic carbocycles. The molecule has 0 bridgehead atoms. The smallest absolute Gasteiger partial charge is 0.271 e. The van der Waals surface area contributed by atoms with Gasteiger partial charge in [0.25, 0.3) is 17.2 Å². The zero-order chi connectivity index (χ0) is 33.0. The number of halogens is 1. The molecule has 0 spiro atoms. The molecule has 238 valence electrons. The second kappa shape index (κ2) is 14.1. The largest absolute Gasteiger partial charge is 0.490 e. The van der Waals surface area contributed by atoms with Gasteiger partial charge in [-0.25, -0.2) is 4.99 Å². The predicted octanol–water partition coefficient (Wildman–Crippen LogP) is 5.64. The van der Waals surface area contributed by atoms with E-state index in [2.05, 4.69) is 0 Å². The number of amides is 1. The van der Waals surface area contributed by atoms with Gasteiger partial charge in [0.05, 0.1) is 33.4 Å². The average Bonchev–Trinajstić information content (AvgIpc) is 3.34. The summed E-state index contributed by atoms with van der Waals surface area (Å²) in [7, 11) is 0. The SMILES string of the molecule is CCOc1cc(/C=c2/sc3n(c2=O)[C@H](c2ccc(Cl)cc2)C(C(=O)N(CC)CC)=C(C)N=3)ccc1OCc1ccc([N+](=O)[O-])cc1. The highest BCUT2D eigenvalue weighted by atomic mass is 35.5. The van der Waals surface area contributed by atoms with Gasteiger partial charge in [0, 0.05) is 30.2 Å². The van der Waals surface area contributed by atoms with E-state index in [1.54, 1.807) is 58.9 Å². The lowest BCUT2D eigenvalue weighted by atomic mass is 9.94. The predicted molar refractivity (Wildman–Crippen MR) is 178 cm³/mol. The minimum atomic E-state index is -0.669. The van der Waals surface area contributed by atoms with Gasteiger partial charge < -0.3 is 14.4 Å². The van der Waals surface area contributed by atoms with Crippen LogP contribution in [0.2, 0.25) is 5.02 Å². The number of benzene rings is 3. The quantitative estimate of drug-likeness (QED) is 0.152. The summed E-state index contributed by atoms with van der Waals surface area (Å²) in [6.45, 7) is 9.15. The number of non-ortho nitro benzene ring substituents is 1. The van der Waals surface area contributed by atoms with Crippen molar-refractivity contribution in [3.05, 3.63) is 130 Å².